The Hall–Kier alpha value is -0.0400. The van der Waals surface area contributed by atoms with Crippen molar-refractivity contribution in [3.8, 4) is 0 Å². The minimum Gasteiger partial charge on any atom is -0.481 e. The first kappa shape index (κ1) is 14.0. The van der Waals surface area contributed by atoms with E-state index in [2.05, 4.69) is 0 Å². The predicted octanol–water partition coefficient (Wildman–Crippen LogP) is 2.69. The molecule has 0 saturated carbocycles. The van der Waals surface area contributed by atoms with Crippen molar-refractivity contribution in [3.63, 3.8) is 0 Å². The van der Waals surface area contributed by atoms with Gasteiger partial charge in [-0.1, -0.05) is 18.7 Å². The van der Waals surface area contributed by atoms with Gasteiger partial charge in [-0.15, -0.1) is 0 Å². The Morgan fingerprint density at radius 3 is 2.43 bits per heavy atom. The van der Waals surface area contributed by atoms with Gasteiger partial charge in [0.15, 0.2) is 0 Å². The Kier molecular flexibility index (Phi) is 6.43. The highest BCUT2D eigenvalue weighted by atomic mass is 32.2. The summed E-state index contributed by atoms with van der Waals surface area (Å²) in [5, 5.41) is 8.47. The number of carboxylic acids is 1. The highest BCUT2D eigenvalue weighted by Crippen LogP contribution is 2.30. The van der Waals surface area contributed by atoms with Crippen LogP contribution in [0.3, 0.4) is 0 Å². The molecular weight excluding hydrogens is 237 g/mol. The lowest BCUT2D eigenvalue weighted by Crippen LogP contribution is -2.12. The summed E-state index contributed by atoms with van der Waals surface area (Å²) in [6.07, 6.45) is 0. The fourth-order valence-corrected chi connectivity index (χ4v) is 2.25. The Morgan fingerprint density at radius 1 is 1.43 bits per heavy atom. The summed E-state index contributed by atoms with van der Waals surface area (Å²) >= 11 is 1.15. The van der Waals surface area contributed by atoms with E-state index in [1.54, 1.807) is 0 Å². The molecular formula is C7H11F3O2S2. The Balaban J connectivity index is 3.35. The van der Waals surface area contributed by atoms with Gasteiger partial charge in [0.05, 0.1) is 5.92 Å². The normalized spacial score (nSPS) is 14.0. The van der Waals surface area contributed by atoms with E-state index in [1.165, 1.54) is 18.7 Å². The van der Waals surface area contributed by atoms with Crippen LogP contribution in [0.2, 0.25) is 0 Å². The van der Waals surface area contributed by atoms with Crippen LogP contribution in [-0.4, -0.2) is 33.8 Å². The van der Waals surface area contributed by atoms with E-state index in [1.807, 2.05) is 0 Å². The summed E-state index contributed by atoms with van der Waals surface area (Å²) in [5.74, 6) is -0.771. The van der Waals surface area contributed by atoms with E-state index in [-0.39, 0.29) is 17.5 Å². The van der Waals surface area contributed by atoms with Crippen molar-refractivity contribution in [2.75, 3.05) is 17.3 Å². The fourth-order valence-electron chi connectivity index (χ4n) is 0.548. The summed E-state index contributed by atoms with van der Waals surface area (Å²) < 4.78 is 34.9. The van der Waals surface area contributed by atoms with Crippen molar-refractivity contribution in [3.05, 3.63) is 0 Å². The average molecular weight is 248 g/mol. The van der Waals surface area contributed by atoms with E-state index in [4.69, 9.17) is 5.11 Å². The molecule has 0 radical (unpaired) electrons. The second kappa shape index (κ2) is 6.44. The molecule has 7 heteroatoms. The molecule has 0 saturated heterocycles. The van der Waals surface area contributed by atoms with Crippen LogP contribution in [0.25, 0.3) is 0 Å². The second-order valence-electron chi connectivity index (χ2n) is 2.61. The number of hydrogen-bond donors (Lipinski definition) is 1. The molecule has 2 nitrogen and oxygen atoms in total. The van der Waals surface area contributed by atoms with Gasteiger partial charge in [-0.05, 0) is 0 Å². The number of carbonyl (C=O) groups is 1. The van der Waals surface area contributed by atoms with Crippen LogP contribution in [0.15, 0.2) is 0 Å². The van der Waals surface area contributed by atoms with Gasteiger partial charge in [0, 0.05) is 17.3 Å². The number of halogens is 3. The van der Waals surface area contributed by atoms with Crippen LogP contribution in [0.4, 0.5) is 13.2 Å². The van der Waals surface area contributed by atoms with Gasteiger partial charge in [0.25, 0.3) is 0 Å². The Bertz CT molecular complexity index is 184. The fraction of sp³-hybridized carbons (Fsp3) is 0.857. The molecule has 0 aliphatic rings. The van der Waals surface area contributed by atoms with Gasteiger partial charge in [0.1, 0.15) is 0 Å². The average Bonchev–Trinajstić information content (AvgIpc) is 2.01. The number of hydrogen-bond acceptors (Lipinski definition) is 3. The Labute approximate surface area is 88.6 Å². The van der Waals surface area contributed by atoms with Gasteiger partial charge >= 0.3 is 11.5 Å². The number of thioether (sulfide) groups is 2. The minimum absolute atomic E-state index is 0.0273. The third kappa shape index (κ3) is 8.55. The standard InChI is InChI=1S/C7H11F3O2S2/c1-5(6(11)12)4-13-2-3-14-7(8,9)10/h5H,2-4H2,1H3,(H,11,12). The first-order valence-corrected chi connectivity index (χ1v) is 5.98. The lowest BCUT2D eigenvalue weighted by atomic mass is 10.2. The first-order valence-electron chi connectivity index (χ1n) is 3.84. The number of aliphatic carboxylic acids is 1. The lowest BCUT2D eigenvalue weighted by molar-refractivity contribution is -0.140. The van der Waals surface area contributed by atoms with Gasteiger partial charge in [-0.25, -0.2) is 0 Å². The van der Waals surface area contributed by atoms with E-state index >= 15 is 0 Å². The van der Waals surface area contributed by atoms with Crippen LogP contribution in [-0.2, 0) is 4.79 Å². The monoisotopic (exact) mass is 248 g/mol. The maximum absolute atomic E-state index is 11.6. The highest BCUT2D eigenvalue weighted by molar-refractivity contribution is 8.03. The molecule has 0 heterocycles. The summed E-state index contributed by atoms with van der Waals surface area (Å²) in [7, 11) is 0. The Morgan fingerprint density at radius 2 is 2.00 bits per heavy atom. The number of rotatable bonds is 6. The van der Waals surface area contributed by atoms with Crippen LogP contribution < -0.4 is 0 Å². The van der Waals surface area contributed by atoms with E-state index in [0.717, 1.165) is 0 Å². The van der Waals surface area contributed by atoms with Gasteiger partial charge in [0.2, 0.25) is 0 Å². The summed E-state index contributed by atoms with van der Waals surface area (Å²) in [5.41, 5.74) is -4.18. The molecule has 0 aliphatic carbocycles. The van der Waals surface area contributed by atoms with Crippen molar-refractivity contribution < 1.29 is 23.1 Å². The number of alkyl halides is 3. The zero-order valence-corrected chi connectivity index (χ0v) is 9.14. The molecule has 0 bridgehead atoms. The maximum atomic E-state index is 11.6. The molecule has 1 N–H and O–H groups in total. The minimum atomic E-state index is -4.18. The van der Waals surface area contributed by atoms with E-state index < -0.39 is 17.4 Å². The van der Waals surface area contributed by atoms with Crippen LogP contribution in [0.5, 0.6) is 0 Å². The molecule has 0 aromatic rings. The van der Waals surface area contributed by atoms with Crippen molar-refractivity contribution >= 4 is 29.5 Å². The third-order valence-electron chi connectivity index (χ3n) is 1.28. The van der Waals surface area contributed by atoms with Crippen LogP contribution in [0, 0.1) is 5.92 Å². The maximum Gasteiger partial charge on any atom is 0.441 e. The smallest absolute Gasteiger partial charge is 0.441 e. The molecule has 0 aromatic heterocycles. The molecule has 0 aliphatic heterocycles. The van der Waals surface area contributed by atoms with Gasteiger partial charge < -0.3 is 5.11 Å². The third-order valence-corrected chi connectivity index (χ3v) is 3.51. The zero-order chi connectivity index (χ0) is 11.2. The molecule has 0 spiro atoms. The summed E-state index contributed by atoms with van der Waals surface area (Å²) in [6.45, 7) is 1.53. The first-order chi connectivity index (χ1) is 6.33. The van der Waals surface area contributed by atoms with E-state index in [0.29, 0.717) is 11.5 Å². The molecule has 0 rings (SSSR count). The molecule has 0 amide bonds. The summed E-state index contributed by atoms with van der Waals surface area (Å²) in [6, 6.07) is 0. The molecule has 0 fully saturated rings. The van der Waals surface area contributed by atoms with Crippen LogP contribution >= 0.6 is 23.5 Å². The lowest BCUT2D eigenvalue weighted by Gasteiger charge is -2.06. The van der Waals surface area contributed by atoms with Crippen molar-refractivity contribution in [1.29, 1.82) is 0 Å². The quantitative estimate of drug-likeness (QED) is 0.733. The second-order valence-corrected chi connectivity index (χ2v) is 4.92. The molecule has 14 heavy (non-hydrogen) atoms. The summed E-state index contributed by atoms with van der Waals surface area (Å²) in [4.78, 5) is 10.3. The highest BCUT2D eigenvalue weighted by Gasteiger charge is 2.27. The molecule has 84 valence electrons. The largest absolute Gasteiger partial charge is 0.481 e. The van der Waals surface area contributed by atoms with Gasteiger partial charge in [-0.3, -0.25) is 4.79 Å². The predicted molar refractivity (Wildman–Crippen MR) is 52.6 cm³/mol. The zero-order valence-electron chi connectivity index (χ0n) is 7.50. The molecule has 1 atom stereocenters. The van der Waals surface area contributed by atoms with Crippen molar-refractivity contribution in [2.24, 2.45) is 5.92 Å². The van der Waals surface area contributed by atoms with Gasteiger partial charge in [-0.2, -0.15) is 24.9 Å². The SMILES string of the molecule is CC(CSCCSC(F)(F)F)C(=O)O. The van der Waals surface area contributed by atoms with E-state index in [9.17, 15) is 18.0 Å². The molecule has 0 aromatic carbocycles. The van der Waals surface area contributed by atoms with Crippen molar-refractivity contribution in [2.45, 2.75) is 12.4 Å². The van der Waals surface area contributed by atoms with Crippen LogP contribution in [0.1, 0.15) is 6.92 Å². The molecule has 1 unspecified atom stereocenters. The topological polar surface area (TPSA) is 37.3 Å². The number of carboxylic acid groups (broad SMARTS) is 1. The van der Waals surface area contributed by atoms with Crippen molar-refractivity contribution in [1.82, 2.24) is 0 Å².